The number of carboxylic acid groups (broad SMARTS) is 1. The molecule has 2 N–H and O–H groups in total. The lowest BCUT2D eigenvalue weighted by Gasteiger charge is -2.20. The minimum Gasteiger partial charge on any atom is -0.494 e. The molecule has 0 aromatic heterocycles. The van der Waals surface area contributed by atoms with E-state index in [0.29, 0.717) is 23.0 Å². The third-order valence-electron chi connectivity index (χ3n) is 3.46. The summed E-state index contributed by atoms with van der Waals surface area (Å²) in [6, 6.07) is 5.32. The standard InChI is InChI=1S/C19H16ClNO5/c1-2-26-15-7-8-16(13(9-15)11-22)21-17(19(24)25)10-18(23)12-3-5-14(20)6-4-12/h3-10,16,21H,2H2,1H3,(H,24,25). The second-order valence-electron chi connectivity index (χ2n) is 5.25. The predicted molar refractivity (Wildman–Crippen MR) is 96.5 cm³/mol. The van der Waals surface area contributed by atoms with E-state index in [9.17, 15) is 19.5 Å². The molecule has 7 heteroatoms. The fourth-order valence-electron chi connectivity index (χ4n) is 2.22. The van der Waals surface area contributed by atoms with Crippen molar-refractivity contribution in [2.24, 2.45) is 0 Å². The molecule has 6 nitrogen and oxygen atoms in total. The van der Waals surface area contributed by atoms with E-state index in [1.165, 1.54) is 30.3 Å². The number of allylic oxidation sites excluding steroid dienone is 2. The van der Waals surface area contributed by atoms with Gasteiger partial charge in [0.1, 0.15) is 17.4 Å². The van der Waals surface area contributed by atoms with Crippen molar-refractivity contribution in [1.29, 1.82) is 0 Å². The van der Waals surface area contributed by atoms with Crippen molar-refractivity contribution < 1.29 is 24.2 Å². The van der Waals surface area contributed by atoms with E-state index in [1.54, 1.807) is 25.0 Å². The van der Waals surface area contributed by atoms with E-state index in [2.05, 4.69) is 5.32 Å². The minimum absolute atomic E-state index is 0.169. The van der Waals surface area contributed by atoms with E-state index in [4.69, 9.17) is 16.3 Å². The Labute approximate surface area is 155 Å². The Bertz CT molecular complexity index is 845. The first-order chi connectivity index (χ1) is 12.4. The Morgan fingerprint density at radius 1 is 1.35 bits per heavy atom. The van der Waals surface area contributed by atoms with Gasteiger partial charge in [0.2, 0.25) is 0 Å². The highest BCUT2D eigenvalue weighted by Gasteiger charge is 2.20. The van der Waals surface area contributed by atoms with Gasteiger partial charge in [0.05, 0.1) is 18.2 Å². The maximum Gasteiger partial charge on any atom is 0.352 e. The molecule has 0 aliphatic heterocycles. The van der Waals surface area contributed by atoms with Gasteiger partial charge in [-0.3, -0.25) is 4.79 Å². The molecule has 1 unspecified atom stereocenters. The van der Waals surface area contributed by atoms with Crippen LogP contribution in [-0.4, -0.2) is 35.4 Å². The Hall–Kier alpha value is -3.08. The number of carboxylic acids is 1. The van der Waals surface area contributed by atoms with Gasteiger partial charge in [0.25, 0.3) is 0 Å². The lowest BCUT2D eigenvalue weighted by Crippen LogP contribution is -2.33. The first kappa shape index (κ1) is 19.2. The van der Waals surface area contributed by atoms with E-state index >= 15 is 0 Å². The monoisotopic (exact) mass is 373 g/mol. The van der Waals surface area contributed by atoms with Gasteiger partial charge in [-0.15, -0.1) is 0 Å². The summed E-state index contributed by atoms with van der Waals surface area (Å²) in [5.41, 5.74) is 0.112. The number of carbonyl (C=O) groups excluding carboxylic acids is 2. The van der Waals surface area contributed by atoms with Crippen LogP contribution in [0.2, 0.25) is 5.02 Å². The van der Waals surface area contributed by atoms with Crippen molar-refractivity contribution in [2.75, 3.05) is 6.61 Å². The van der Waals surface area contributed by atoms with Crippen LogP contribution in [0.3, 0.4) is 0 Å². The maximum atomic E-state index is 12.2. The first-order valence-corrected chi connectivity index (χ1v) is 8.11. The van der Waals surface area contributed by atoms with Crippen LogP contribution < -0.4 is 5.32 Å². The van der Waals surface area contributed by atoms with Crippen LogP contribution in [0, 0.1) is 0 Å². The summed E-state index contributed by atoms with van der Waals surface area (Å²) in [5.74, 6) is 0.395. The molecule has 1 aliphatic carbocycles. The number of hydrogen-bond acceptors (Lipinski definition) is 5. The summed E-state index contributed by atoms with van der Waals surface area (Å²) < 4.78 is 5.30. The molecule has 0 heterocycles. The number of benzene rings is 1. The van der Waals surface area contributed by atoms with Gasteiger partial charge in [-0.1, -0.05) is 17.7 Å². The van der Waals surface area contributed by atoms with Crippen LogP contribution in [0.25, 0.3) is 0 Å². The van der Waals surface area contributed by atoms with Crippen molar-refractivity contribution in [3.05, 3.63) is 76.2 Å². The van der Waals surface area contributed by atoms with Gasteiger partial charge in [0.15, 0.2) is 5.78 Å². The van der Waals surface area contributed by atoms with Crippen LogP contribution in [0.5, 0.6) is 0 Å². The minimum atomic E-state index is -1.33. The van der Waals surface area contributed by atoms with Crippen LogP contribution in [0.1, 0.15) is 17.3 Å². The lowest BCUT2D eigenvalue weighted by atomic mass is 10.0. The molecular weight excluding hydrogens is 358 g/mol. The maximum absolute atomic E-state index is 12.2. The molecule has 1 aromatic carbocycles. The van der Waals surface area contributed by atoms with Crippen molar-refractivity contribution in [3.8, 4) is 0 Å². The zero-order valence-electron chi connectivity index (χ0n) is 13.9. The van der Waals surface area contributed by atoms with Crippen molar-refractivity contribution >= 4 is 29.3 Å². The fourth-order valence-corrected chi connectivity index (χ4v) is 2.35. The Kier molecular flexibility index (Phi) is 6.55. The molecule has 134 valence electrons. The van der Waals surface area contributed by atoms with Gasteiger partial charge in [-0.05, 0) is 43.3 Å². The van der Waals surface area contributed by atoms with Crippen molar-refractivity contribution in [1.82, 2.24) is 5.32 Å². The molecule has 1 aromatic rings. The van der Waals surface area contributed by atoms with Crippen LogP contribution in [0.4, 0.5) is 0 Å². The average molecular weight is 374 g/mol. The summed E-state index contributed by atoms with van der Waals surface area (Å²) >= 11 is 5.77. The number of aliphatic carboxylic acids is 1. The van der Waals surface area contributed by atoms with E-state index in [0.717, 1.165) is 6.08 Å². The first-order valence-electron chi connectivity index (χ1n) is 7.73. The van der Waals surface area contributed by atoms with Crippen molar-refractivity contribution in [2.45, 2.75) is 13.0 Å². The molecule has 0 spiro atoms. The molecule has 0 amide bonds. The lowest BCUT2D eigenvalue weighted by molar-refractivity contribution is -0.133. The van der Waals surface area contributed by atoms with Crippen LogP contribution in [0.15, 0.2) is 65.6 Å². The molecule has 1 aliphatic rings. The number of halogens is 1. The molecule has 26 heavy (non-hydrogen) atoms. The molecular formula is C19H16ClNO5. The second kappa shape index (κ2) is 8.85. The fraction of sp³-hybridized carbons (Fsp3) is 0.158. The highest BCUT2D eigenvalue weighted by molar-refractivity contribution is 6.30. The highest BCUT2D eigenvalue weighted by atomic mass is 35.5. The number of rotatable bonds is 7. The topological polar surface area (TPSA) is 92.7 Å². The Morgan fingerprint density at radius 3 is 2.62 bits per heavy atom. The predicted octanol–water partition coefficient (Wildman–Crippen LogP) is 2.70. The third-order valence-corrected chi connectivity index (χ3v) is 3.71. The van der Waals surface area contributed by atoms with Crippen molar-refractivity contribution in [3.63, 3.8) is 0 Å². The van der Waals surface area contributed by atoms with Crippen LogP contribution >= 0.6 is 11.6 Å². The molecule has 0 fully saturated rings. The van der Waals surface area contributed by atoms with Gasteiger partial charge >= 0.3 is 5.97 Å². The smallest absolute Gasteiger partial charge is 0.352 e. The Balaban J connectivity index is 2.22. The van der Waals surface area contributed by atoms with Gasteiger partial charge in [-0.25, -0.2) is 9.59 Å². The number of ether oxygens (including phenoxy) is 1. The summed E-state index contributed by atoms with van der Waals surface area (Å²) in [6.45, 7) is 2.23. The molecule has 2 rings (SSSR count). The number of carbonyl (C=O) groups is 2. The van der Waals surface area contributed by atoms with E-state index in [1.807, 2.05) is 0 Å². The second-order valence-corrected chi connectivity index (χ2v) is 5.69. The molecule has 0 saturated heterocycles. The number of hydrogen-bond donors (Lipinski definition) is 2. The molecule has 0 saturated carbocycles. The SMILES string of the molecule is CCOC1=CC(=C=O)C(NC(=CC(=O)c2ccc(Cl)cc2)C(=O)O)C=C1. The number of ketones is 1. The summed E-state index contributed by atoms with van der Waals surface area (Å²) in [6.07, 6.45) is 5.61. The normalized spacial score (nSPS) is 16.5. The zero-order chi connectivity index (χ0) is 19.1. The van der Waals surface area contributed by atoms with E-state index in [-0.39, 0.29) is 11.3 Å². The zero-order valence-corrected chi connectivity index (χ0v) is 14.6. The molecule has 0 bridgehead atoms. The summed E-state index contributed by atoms with van der Waals surface area (Å²) in [7, 11) is 0. The van der Waals surface area contributed by atoms with Gasteiger partial charge < -0.3 is 15.2 Å². The summed E-state index contributed by atoms with van der Waals surface area (Å²) in [5, 5.41) is 12.5. The van der Waals surface area contributed by atoms with E-state index < -0.39 is 17.8 Å². The summed E-state index contributed by atoms with van der Waals surface area (Å²) in [4.78, 5) is 34.9. The highest BCUT2D eigenvalue weighted by Crippen LogP contribution is 2.17. The van der Waals surface area contributed by atoms with Gasteiger partial charge in [0, 0.05) is 16.7 Å². The third kappa shape index (κ3) is 4.96. The quantitative estimate of drug-likeness (QED) is 0.433. The Morgan fingerprint density at radius 2 is 2.04 bits per heavy atom. The average Bonchev–Trinajstić information content (AvgIpc) is 2.62. The number of nitrogens with one attached hydrogen (secondary N) is 1. The molecule has 1 atom stereocenters. The van der Waals surface area contributed by atoms with Crippen LogP contribution in [-0.2, 0) is 14.3 Å². The van der Waals surface area contributed by atoms with Gasteiger partial charge in [-0.2, -0.15) is 0 Å². The molecule has 0 radical (unpaired) electrons. The largest absolute Gasteiger partial charge is 0.494 e.